The highest BCUT2D eigenvalue weighted by atomic mass is 16.7. The molecule has 10 heteroatoms. The minimum atomic E-state index is -0.696. The molecule has 2 heterocycles. The normalized spacial score (nSPS) is 12.3. The Kier molecular flexibility index (Phi) is 6.46. The van der Waals surface area contributed by atoms with Crippen molar-refractivity contribution in [3.63, 3.8) is 0 Å². The molecule has 1 unspecified atom stereocenters. The largest absolute Gasteiger partial charge is 0.455 e. The Morgan fingerprint density at radius 1 is 1.06 bits per heavy atom. The van der Waals surface area contributed by atoms with Crippen molar-refractivity contribution in [1.82, 2.24) is 19.7 Å². The van der Waals surface area contributed by atoms with Gasteiger partial charge in [0.05, 0.1) is 11.0 Å². The van der Waals surface area contributed by atoms with Crippen LogP contribution in [0.2, 0.25) is 0 Å². The molecule has 0 fully saturated rings. The van der Waals surface area contributed by atoms with Crippen LogP contribution in [0.15, 0.2) is 54.9 Å². The van der Waals surface area contributed by atoms with E-state index in [0.717, 1.165) is 22.4 Å². The van der Waals surface area contributed by atoms with E-state index in [1.165, 1.54) is 6.92 Å². The number of amides is 2. The Morgan fingerprint density at radius 3 is 2.46 bits per heavy atom. The van der Waals surface area contributed by atoms with Gasteiger partial charge in [-0.2, -0.15) is 5.10 Å². The number of H-pyrrole nitrogens is 1. The van der Waals surface area contributed by atoms with Gasteiger partial charge < -0.3 is 14.8 Å². The number of aromatic amines is 1. The number of carbonyl (C=O) groups excluding carboxylic acids is 2. The minimum absolute atomic E-state index is 0.0896. The molecule has 0 aliphatic carbocycles. The number of benzene rings is 2. The van der Waals surface area contributed by atoms with Crippen molar-refractivity contribution in [3.05, 3.63) is 60.6 Å². The number of ether oxygens (including phenoxy) is 2. The molecular formula is C25H28N6O4. The molecule has 0 aliphatic rings. The van der Waals surface area contributed by atoms with Crippen molar-refractivity contribution in [2.75, 3.05) is 10.6 Å². The van der Waals surface area contributed by atoms with E-state index in [1.807, 2.05) is 41.0 Å². The summed E-state index contributed by atoms with van der Waals surface area (Å²) in [5.74, 6) is 0.599. The Bertz CT molecular complexity index is 1350. The summed E-state index contributed by atoms with van der Waals surface area (Å²) >= 11 is 0. The minimum Gasteiger partial charge on any atom is -0.455 e. The van der Waals surface area contributed by atoms with Gasteiger partial charge in [0.25, 0.3) is 0 Å². The van der Waals surface area contributed by atoms with Gasteiger partial charge in [0.15, 0.2) is 5.82 Å². The van der Waals surface area contributed by atoms with Crippen LogP contribution < -0.4 is 15.4 Å². The molecule has 4 rings (SSSR count). The third kappa shape index (κ3) is 5.78. The second-order valence-corrected chi connectivity index (χ2v) is 9.10. The molecule has 2 aromatic carbocycles. The number of hydrogen-bond donors (Lipinski definition) is 3. The quantitative estimate of drug-likeness (QED) is 0.266. The van der Waals surface area contributed by atoms with Crippen LogP contribution in [0.25, 0.3) is 16.7 Å². The van der Waals surface area contributed by atoms with Crippen LogP contribution in [0.5, 0.6) is 5.75 Å². The lowest BCUT2D eigenvalue weighted by atomic mass is 9.92. The summed E-state index contributed by atoms with van der Waals surface area (Å²) < 4.78 is 12.5. The molecule has 35 heavy (non-hydrogen) atoms. The number of aromatic nitrogens is 4. The van der Waals surface area contributed by atoms with E-state index in [1.54, 1.807) is 25.4 Å². The summed E-state index contributed by atoms with van der Waals surface area (Å²) in [6, 6.07) is 14.3. The summed E-state index contributed by atoms with van der Waals surface area (Å²) in [5, 5.41) is 12.6. The maximum Gasteiger partial charge on any atom is 0.324 e. The molecule has 0 saturated heterocycles. The second kappa shape index (κ2) is 9.49. The van der Waals surface area contributed by atoms with Crippen molar-refractivity contribution in [3.8, 4) is 11.4 Å². The van der Waals surface area contributed by atoms with Gasteiger partial charge in [-0.05, 0) is 36.4 Å². The molecule has 182 valence electrons. The fourth-order valence-corrected chi connectivity index (χ4v) is 3.47. The highest BCUT2D eigenvalue weighted by molar-refractivity contribution is 5.99. The third-order valence-corrected chi connectivity index (χ3v) is 5.18. The van der Waals surface area contributed by atoms with Gasteiger partial charge in [0, 0.05) is 48.5 Å². The zero-order valence-corrected chi connectivity index (χ0v) is 20.2. The first kappa shape index (κ1) is 23.8. The standard InChI is InChI=1S/C25H28N6O4/c1-15(32)34-16(2)35-19-10-11-21-20(12-19)26-14-31(21)18-8-6-17(7-9-18)27-24(33)28-23-13-22(29-30-23)25(3,4)5/h6-14,16H,1-5H3,(H3,27,28,29,30,33). The van der Waals surface area contributed by atoms with Crippen LogP contribution in [-0.2, 0) is 14.9 Å². The zero-order valence-electron chi connectivity index (χ0n) is 20.2. The average molecular weight is 477 g/mol. The highest BCUT2D eigenvalue weighted by Crippen LogP contribution is 2.25. The van der Waals surface area contributed by atoms with Gasteiger partial charge in [-0.1, -0.05) is 20.8 Å². The molecule has 1 atom stereocenters. The lowest BCUT2D eigenvalue weighted by molar-refractivity contribution is -0.158. The number of carbonyl (C=O) groups is 2. The van der Waals surface area contributed by atoms with Crippen LogP contribution in [0.4, 0.5) is 16.3 Å². The molecule has 10 nitrogen and oxygen atoms in total. The monoisotopic (exact) mass is 476 g/mol. The second-order valence-electron chi connectivity index (χ2n) is 9.10. The van der Waals surface area contributed by atoms with E-state index in [4.69, 9.17) is 9.47 Å². The van der Waals surface area contributed by atoms with Crippen LogP contribution in [-0.4, -0.2) is 38.0 Å². The van der Waals surface area contributed by atoms with E-state index in [0.29, 0.717) is 17.3 Å². The number of urea groups is 1. The smallest absolute Gasteiger partial charge is 0.324 e. The number of nitrogens with zero attached hydrogens (tertiary/aromatic N) is 3. The fourth-order valence-electron chi connectivity index (χ4n) is 3.47. The molecule has 2 aromatic heterocycles. The molecule has 0 bridgehead atoms. The SMILES string of the molecule is CC(=O)OC(C)Oc1ccc2c(c1)ncn2-c1ccc(NC(=O)Nc2cc(C(C)(C)C)[nH]n2)cc1. The predicted molar refractivity (Wildman–Crippen MR) is 133 cm³/mol. The number of imidazole rings is 1. The Balaban J connectivity index is 1.41. The lowest BCUT2D eigenvalue weighted by Gasteiger charge is -2.14. The maximum atomic E-state index is 12.4. The average Bonchev–Trinajstić information content (AvgIpc) is 3.40. The van der Waals surface area contributed by atoms with E-state index in [2.05, 4.69) is 46.6 Å². The van der Waals surface area contributed by atoms with Gasteiger partial charge in [0.2, 0.25) is 6.29 Å². The fraction of sp³-hybridized carbons (Fsp3) is 0.280. The van der Waals surface area contributed by atoms with Crippen molar-refractivity contribution >= 4 is 34.5 Å². The summed E-state index contributed by atoms with van der Waals surface area (Å²) in [4.78, 5) is 27.9. The first-order valence-corrected chi connectivity index (χ1v) is 11.1. The Labute approximate surface area is 202 Å². The van der Waals surface area contributed by atoms with Gasteiger partial charge >= 0.3 is 12.0 Å². The highest BCUT2D eigenvalue weighted by Gasteiger charge is 2.17. The first-order valence-electron chi connectivity index (χ1n) is 11.1. The predicted octanol–water partition coefficient (Wildman–Crippen LogP) is 4.98. The number of esters is 1. The summed E-state index contributed by atoms with van der Waals surface area (Å²) in [6.07, 6.45) is 1.02. The number of rotatable bonds is 6. The van der Waals surface area contributed by atoms with Gasteiger partial charge in [-0.3, -0.25) is 19.8 Å². The topological polar surface area (TPSA) is 123 Å². The maximum absolute atomic E-state index is 12.4. The molecule has 0 aliphatic heterocycles. The van der Waals surface area contributed by atoms with Crippen LogP contribution in [0.1, 0.15) is 40.3 Å². The van der Waals surface area contributed by atoms with Crippen molar-refractivity contribution in [1.29, 1.82) is 0 Å². The van der Waals surface area contributed by atoms with Crippen LogP contribution >= 0.6 is 0 Å². The van der Waals surface area contributed by atoms with Gasteiger partial charge in [0.1, 0.15) is 12.1 Å². The zero-order chi connectivity index (χ0) is 25.2. The number of nitrogens with one attached hydrogen (secondary N) is 3. The molecule has 0 radical (unpaired) electrons. The van der Waals surface area contributed by atoms with Crippen molar-refractivity contribution in [2.45, 2.75) is 46.3 Å². The van der Waals surface area contributed by atoms with Crippen molar-refractivity contribution < 1.29 is 19.1 Å². The van der Waals surface area contributed by atoms with E-state index >= 15 is 0 Å². The van der Waals surface area contributed by atoms with E-state index in [-0.39, 0.29) is 11.4 Å². The van der Waals surface area contributed by atoms with Crippen LogP contribution in [0.3, 0.4) is 0 Å². The van der Waals surface area contributed by atoms with Crippen molar-refractivity contribution in [2.24, 2.45) is 0 Å². The molecule has 0 saturated carbocycles. The Morgan fingerprint density at radius 2 is 1.80 bits per heavy atom. The molecule has 2 amide bonds. The summed E-state index contributed by atoms with van der Waals surface area (Å²) in [7, 11) is 0. The first-order chi connectivity index (χ1) is 16.6. The van der Waals surface area contributed by atoms with Gasteiger partial charge in [-0.25, -0.2) is 9.78 Å². The summed E-state index contributed by atoms with van der Waals surface area (Å²) in [6.45, 7) is 9.18. The van der Waals surface area contributed by atoms with E-state index < -0.39 is 12.3 Å². The van der Waals surface area contributed by atoms with Crippen LogP contribution in [0, 0.1) is 0 Å². The third-order valence-electron chi connectivity index (χ3n) is 5.18. The summed E-state index contributed by atoms with van der Waals surface area (Å²) in [5.41, 5.74) is 3.97. The molecule has 4 aromatic rings. The van der Waals surface area contributed by atoms with E-state index in [9.17, 15) is 9.59 Å². The molecule has 3 N–H and O–H groups in total. The molecular weight excluding hydrogens is 448 g/mol. The number of hydrogen-bond acceptors (Lipinski definition) is 6. The molecule has 0 spiro atoms. The number of anilines is 2. The lowest BCUT2D eigenvalue weighted by Crippen LogP contribution is -2.19. The van der Waals surface area contributed by atoms with Gasteiger partial charge in [-0.15, -0.1) is 0 Å². The Hall–Kier alpha value is -4.34. The number of fused-ring (bicyclic) bond motifs is 1.